The molecule has 1 amide bonds. The molecule has 4 nitrogen and oxygen atoms in total. The van der Waals surface area contributed by atoms with Crippen molar-refractivity contribution in [1.82, 2.24) is 5.01 Å². The van der Waals surface area contributed by atoms with Gasteiger partial charge in [-0.15, -0.1) is 0 Å². The molecule has 92 valence electrons. The van der Waals surface area contributed by atoms with Crippen LogP contribution < -0.4 is 5.01 Å². The van der Waals surface area contributed by atoms with Crippen LogP contribution in [0.15, 0.2) is 24.3 Å². The molecule has 0 aromatic heterocycles. The Morgan fingerprint density at radius 1 is 1.41 bits per heavy atom. The number of aliphatic hydroxyl groups is 1. The molecule has 1 N–H and O–H groups in total. The van der Waals surface area contributed by atoms with Gasteiger partial charge in [-0.2, -0.15) is 0 Å². The summed E-state index contributed by atoms with van der Waals surface area (Å²) in [5.74, 6) is -0.391. The Hall–Kier alpha value is -1.46. The van der Waals surface area contributed by atoms with E-state index < -0.39 is 0 Å². The summed E-state index contributed by atoms with van der Waals surface area (Å²) in [6.07, 6.45) is 1.03. The van der Waals surface area contributed by atoms with E-state index in [0.29, 0.717) is 31.6 Å². The lowest BCUT2D eigenvalue weighted by molar-refractivity contribution is -0.118. The van der Waals surface area contributed by atoms with Crippen LogP contribution in [0.2, 0.25) is 0 Å². The van der Waals surface area contributed by atoms with E-state index in [-0.39, 0.29) is 18.3 Å². The first-order chi connectivity index (χ1) is 8.22. The number of carbonyl (C=O) groups is 1. The number of amides is 1. The second kappa shape index (κ2) is 5.25. The number of rotatable bonds is 4. The summed E-state index contributed by atoms with van der Waals surface area (Å²) in [6, 6.07) is 5.98. The summed E-state index contributed by atoms with van der Waals surface area (Å²) in [5, 5.41) is 12.1. The number of aliphatic hydroxyl groups excluding tert-OH is 1. The number of carbonyl (C=O) groups excluding carboxylic acids is 1. The molecule has 0 unspecified atom stereocenters. The first kappa shape index (κ1) is 12.0. The molecule has 0 aliphatic carbocycles. The van der Waals surface area contributed by atoms with Crippen molar-refractivity contribution in [1.29, 1.82) is 0 Å². The molecular weight excluding hydrogens is 223 g/mol. The quantitative estimate of drug-likeness (QED) is 0.856. The van der Waals surface area contributed by atoms with E-state index in [9.17, 15) is 9.18 Å². The summed E-state index contributed by atoms with van der Waals surface area (Å²) in [6.45, 7) is 1.30. The van der Waals surface area contributed by atoms with Crippen molar-refractivity contribution in [3.63, 3.8) is 0 Å². The van der Waals surface area contributed by atoms with Crippen LogP contribution in [0.5, 0.6) is 0 Å². The average Bonchev–Trinajstić information content (AvgIpc) is 2.68. The van der Waals surface area contributed by atoms with E-state index in [1.807, 2.05) is 5.01 Å². The number of anilines is 1. The summed E-state index contributed by atoms with van der Waals surface area (Å²) < 4.78 is 13.1. The van der Waals surface area contributed by atoms with Gasteiger partial charge >= 0.3 is 0 Å². The number of halogens is 1. The fourth-order valence-electron chi connectivity index (χ4n) is 1.97. The first-order valence-corrected chi connectivity index (χ1v) is 5.66. The van der Waals surface area contributed by atoms with Gasteiger partial charge < -0.3 is 5.11 Å². The summed E-state index contributed by atoms with van der Waals surface area (Å²) in [7, 11) is 0. The molecule has 1 saturated heterocycles. The van der Waals surface area contributed by atoms with Gasteiger partial charge in [-0.05, 0) is 24.6 Å². The van der Waals surface area contributed by atoms with Crippen LogP contribution in [0, 0.1) is 5.82 Å². The standard InChI is InChI=1S/C12H15FN2O2/c13-10-3-1-4-11(9-10)15-12(17)5-7-14(15)6-2-8-16/h1,3-4,9,16H,2,5-8H2. The lowest BCUT2D eigenvalue weighted by Gasteiger charge is -2.27. The van der Waals surface area contributed by atoms with E-state index in [1.165, 1.54) is 17.1 Å². The Morgan fingerprint density at radius 3 is 2.94 bits per heavy atom. The summed E-state index contributed by atoms with van der Waals surface area (Å²) in [4.78, 5) is 11.8. The third kappa shape index (κ3) is 2.62. The highest BCUT2D eigenvalue weighted by molar-refractivity contribution is 5.94. The maximum Gasteiger partial charge on any atom is 0.242 e. The molecule has 1 aromatic rings. The van der Waals surface area contributed by atoms with E-state index in [4.69, 9.17) is 5.11 Å². The Labute approximate surface area is 99.2 Å². The first-order valence-electron chi connectivity index (χ1n) is 5.66. The lowest BCUT2D eigenvalue weighted by Crippen LogP contribution is -2.40. The van der Waals surface area contributed by atoms with Crippen molar-refractivity contribution in [3.8, 4) is 0 Å². The molecule has 1 heterocycles. The molecule has 1 aliphatic heterocycles. The fourth-order valence-corrected chi connectivity index (χ4v) is 1.97. The van der Waals surface area contributed by atoms with Crippen LogP contribution in [0.1, 0.15) is 12.8 Å². The predicted octanol–water partition coefficient (Wildman–Crippen LogP) is 1.16. The van der Waals surface area contributed by atoms with Gasteiger partial charge in [-0.25, -0.2) is 14.4 Å². The highest BCUT2D eigenvalue weighted by Gasteiger charge is 2.29. The molecular formula is C12H15FN2O2. The van der Waals surface area contributed by atoms with Gasteiger partial charge in [0.25, 0.3) is 0 Å². The molecule has 1 aliphatic rings. The molecule has 2 rings (SSSR count). The van der Waals surface area contributed by atoms with Gasteiger partial charge in [0, 0.05) is 26.1 Å². The smallest absolute Gasteiger partial charge is 0.242 e. The minimum atomic E-state index is -0.357. The maximum atomic E-state index is 13.1. The zero-order valence-corrected chi connectivity index (χ0v) is 9.47. The third-order valence-corrected chi connectivity index (χ3v) is 2.73. The van der Waals surface area contributed by atoms with Crippen molar-refractivity contribution >= 4 is 11.6 Å². The Morgan fingerprint density at radius 2 is 2.24 bits per heavy atom. The highest BCUT2D eigenvalue weighted by atomic mass is 19.1. The van der Waals surface area contributed by atoms with Crippen molar-refractivity contribution < 1.29 is 14.3 Å². The second-order valence-electron chi connectivity index (χ2n) is 3.97. The summed E-state index contributed by atoms with van der Waals surface area (Å²) >= 11 is 0. The molecule has 1 fully saturated rings. The Balaban J connectivity index is 2.18. The Bertz CT molecular complexity index is 411. The third-order valence-electron chi connectivity index (χ3n) is 2.73. The zero-order valence-electron chi connectivity index (χ0n) is 9.47. The minimum absolute atomic E-state index is 0.0338. The van der Waals surface area contributed by atoms with Crippen molar-refractivity contribution in [2.24, 2.45) is 0 Å². The van der Waals surface area contributed by atoms with Gasteiger partial charge in [0.1, 0.15) is 5.82 Å². The molecule has 0 atom stereocenters. The van der Waals surface area contributed by atoms with Crippen molar-refractivity contribution in [2.75, 3.05) is 24.7 Å². The number of nitrogens with zero attached hydrogens (tertiary/aromatic N) is 2. The zero-order chi connectivity index (χ0) is 12.3. The molecule has 5 heteroatoms. The minimum Gasteiger partial charge on any atom is -0.396 e. The topological polar surface area (TPSA) is 43.8 Å². The predicted molar refractivity (Wildman–Crippen MR) is 61.8 cm³/mol. The molecule has 0 bridgehead atoms. The normalized spacial score (nSPS) is 16.8. The number of hydrazine groups is 1. The Kier molecular flexibility index (Phi) is 3.71. The lowest BCUT2D eigenvalue weighted by atomic mass is 10.3. The number of hydrogen-bond acceptors (Lipinski definition) is 3. The SMILES string of the molecule is O=C1CCN(CCCO)N1c1cccc(F)c1. The van der Waals surface area contributed by atoms with E-state index in [1.54, 1.807) is 12.1 Å². The van der Waals surface area contributed by atoms with Gasteiger partial charge in [0.15, 0.2) is 0 Å². The van der Waals surface area contributed by atoms with E-state index in [2.05, 4.69) is 0 Å². The van der Waals surface area contributed by atoms with Gasteiger partial charge in [-0.3, -0.25) is 4.79 Å². The number of benzene rings is 1. The van der Waals surface area contributed by atoms with E-state index >= 15 is 0 Å². The molecule has 0 saturated carbocycles. The largest absolute Gasteiger partial charge is 0.396 e. The summed E-state index contributed by atoms with van der Waals surface area (Å²) in [5.41, 5.74) is 0.547. The maximum absolute atomic E-state index is 13.1. The molecule has 17 heavy (non-hydrogen) atoms. The average molecular weight is 238 g/mol. The van der Waals surface area contributed by atoms with Crippen LogP contribution >= 0.6 is 0 Å². The highest BCUT2D eigenvalue weighted by Crippen LogP contribution is 2.23. The second-order valence-corrected chi connectivity index (χ2v) is 3.97. The molecule has 0 radical (unpaired) electrons. The van der Waals surface area contributed by atoms with Crippen LogP contribution in [-0.4, -0.2) is 35.7 Å². The van der Waals surface area contributed by atoms with Gasteiger partial charge in [0.2, 0.25) is 5.91 Å². The van der Waals surface area contributed by atoms with E-state index in [0.717, 1.165) is 0 Å². The van der Waals surface area contributed by atoms with Gasteiger partial charge in [0.05, 0.1) is 5.69 Å². The van der Waals surface area contributed by atoms with Crippen LogP contribution in [0.3, 0.4) is 0 Å². The van der Waals surface area contributed by atoms with Gasteiger partial charge in [-0.1, -0.05) is 6.07 Å². The van der Waals surface area contributed by atoms with Crippen molar-refractivity contribution in [3.05, 3.63) is 30.1 Å². The number of hydrogen-bond donors (Lipinski definition) is 1. The fraction of sp³-hybridized carbons (Fsp3) is 0.417. The van der Waals surface area contributed by atoms with Crippen LogP contribution in [0.25, 0.3) is 0 Å². The van der Waals surface area contributed by atoms with Crippen molar-refractivity contribution in [2.45, 2.75) is 12.8 Å². The molecule has 0 spiro atoms. The monoisotopic (exact) mass is 238 g/mol. The van der Waals surface area contributed by atoms with Crippen LogP contribution in [-0.2, 0) is 4.79 Å². The van der Waals surface area contributed by atoms with Crippen LogP contribution in [0.4, 0.5) is 10.1 Å². The molecule has 1 aromatic carbocycles.